The molecule has 0 bridgehead atoms. The van der Waals surface area contributed by atoms with Gasteiger partial charge in [-0.05, 0) is 12.1 Å². The molecule has 2 amide bonds. The number of carbonyl (C=O) groups is 2. The summed E-state index contributed by atoms with van der Waals surface area (Å²) in [5.41, 5.74) is 0.00948. The van der Waals surface area contributed by atoms with Gasteiger partial charge in [0.25, 0.3) is 11.8 Å². The van der Waals surface area contributed by atoms with Gasteiger partial charge in [-0.1, -0.05) is 23.5 Å². The molecule has 2 heterocycles. The Labute approximate surface area is 156 Å². The van der Waals surface area contributed by atoms with Crippen LogP contribution in [0.4, 0.5) is 0 Å². The fourth-order valence-electron chi connectivity index (χ4n) is 2.40. The standard InChI is InChI=1S/C14H12Cl2N2O4S2/c15-3-5-17-12(21)9(13(22)18(17)6-4-16)14-23-10-7(19)1-2-8(20)11(10)24-14/h1-2,19-20H,3-6H2. The van der Waals surface area contributed by atoms with E-state index in [9.17, 15) is 19.8 Å². The quantitative estimate of drug-likeness (QED) is 0.346. The number of carbonyl (C=O) groups excluding carboxylic acids is 2. The average molecular weight is 407 g/mol. The molecule has 1 aromatic rings. The second-order valence-corrected chi connectivity index (χ2v) is 7.92. The fraction of sp³-hybridized carbons (Fsp3) is 0.286. The molecule has 1 fully saturated rings. The van der Waals surface area contributed by atoms with Crippen molar-refractivity contribution in [2.24, 2.45) is 0 Å². The lowest BCUT2D eigenvalue weighted by molar-refractivity contribution is -0.145. The Morgan fingerprint density at radius 2 is 1.29 bits per heavy atom. The minimum Gasteiger partial charge on any atom is -0.507 e. The molecule has 0 aromatic heterocycles. The number of benzene rings is 1. The average Bonchev–Trinajstić information content (AvgIpc) is 3.08. The van der Waals surface area contributed by atoms with E-state index in [1.807, 2.05) is 0 Å². The molecule has 24 heavy (non-hydrogen) atoms. The van der Waals surface area contributed by atoms with Crippen molar-refractivity contribution >= 4 is 58.5 Å². The number of fused-ring (bicyclic) bond motifs is 1. The fourth-order valence-corrected chi connectivity index (χ4v) is 5.30. The normalized spacial score (nSPS) is 17.2. The predicted octanol–water partition coefficient (Wildman–Crippen LogP) is 2.57. The SMILES string of the molecule is O=C1C(=C2Sc3c(O)ccc(O)c3S2)C(=O)N(CCCl)N1CCCl. The van der Waals surface area contributed by atoms with E-state index in [4.69, 9.17) is 23.2 Å². The number of hydrogen-bond acceptors (Lipinski definition) is 6. The topological polar surface area (TPSA) is 81.1 Å². The lowest BCUT2D eigenvalue weighted by Gasteiger charge is -2.25. The van der Waals surface area contributed by atoms with Gasteiger partial charge in [0.2, 0.25) is 0 Å². The van der Waals surface area contributed by atoms with E-state index in [1.165, 1.54) is 22.2 Å². The highest BCUT2D eigenvalue weighted by atomic mass is 35.5. The van der Waals surface area contributed by atoms with E-state index >= 15 is 0 Å². The second kappa shape index (κ2) is 6.95. The molecular weight excluding hydrogens is 395 g/mol. The summed E-state index contributed by atoms with van der Waals surface area (Å²) in [5, 5.41) is 22.4. The Kier molecular flexibility index (Phi) is 5.10. The number of rotatable bonds is 4. The molecule has 0 unspecified atom stereocenters. The van der Waals surface area contributed by atoms with E-state index in [0.29, 0.717) is 14.0 Å². The zero-order chi connectivity index (χ0) is 17.4. The first kappa shape index (κ1) is 17.6. The van der Waals surface area contributed by atoms with Crippen molar-refractivity contribution in [3.8, 4) is 11.5 Å². The van der Waals surface area contributed by atoms with Crippen molar-refractivity contribution in [3.05, 3.63) is 21.9 Å². The third kappa shape index (κ3) is 2.81. The Balaban J connectivity index is 2.01. The first-order valence-corrected chi connectivity index (χ1v) is 9.60. The zero-order valence-corrected chi connectivity index (χ0v) is 15.3. The number of amides is 2. The van der Waals surface area contributed by atoms with E-state index in [1.54, 1.807) is 0 Å². The highest BCUT2D eigenvalue weighted by Crippen LogP contribution is 2.58. The molecule has 0 radical (unpaired) electrons. The number of aromatic hydroxyl groups is 2. The predicted molar refractivity (Wildman–Crippen MR) is 93.4 cm³/mol. The number of phenols is 2. The van der Waals surface area contributed by atoms with Crippen LogP contribution in [0.3, 0.4) is 0 Å². The summed E-state index contributed by atoms with van der Waals surface area (Å²) >= 11 is 13.6. The second-order valence-electron chi connectivity index (χ2n) is 4.86. The first-order valence-electron chi connectivity index (χ1n) is 6.90. The van der Waals surface area contributed by atoms with Crippen molar-refractivity contribution in [1.82, 2.24) is 10.0 Å². The minimum atomic E-state index is -0.451. The molecular formula is C14H12Cl2N2O4S2. The van der Waals surface area contributed by atoms with Gasteiger partial charge in [-0.2, -0.15) is 0 Å². The highest BCUT2D eigenvalue weighted by Gasteiger charge is 2.44. The molecule has 0 aliphatic carbocycles. The monoisotopic (exact) mass is 406 g/mol. The van der Waals surface area contributed by atoms with Crippen molar-refractivity contribution in [2.45, 2.75) is 9.79 Å². The molecule has 1 saturated heterocycles. The molecule has 2 aliphatic rings. The summed E-state index contributed by atoms with van der Waals surface area (Å²) in [6, 6.07) is 2.74. The molecule has 1 aromatic carbocycles. The molecule has 0 atom stereocenters. The van der Waals surface area contributed by atoms with E-state index < -0.39 is 11.8 Å². The number of halogens is 2. The summed E-state index contributed by atoms with van der Waals surface area (Å²) in [4.78, 5) is 26.2. The molecule has 2 N–H and O–H groups in total. The smallest absolute Gasteiger partial charge is 0.279 e. The lowest BCUT2D eigenvalue weighted by atomic mass is 10.3. The summed E-state index contributed by atoms with van der Waals surface area (Å²) in [6.07, 6.45) is 0. The zero-order valence-electron chi connectivity index (χ0n) is 12.2. The first-order chi connectivity index (χ1) is 11.5. The third-order valence-electron chi connectivity index (χ3n) is 3.44. The van der Waals surface area contributed by atoms with Gasteiger partial charge < -0.3 is 10.2 Å². The van der Waals surface area contributed by atoms with E-state index in [2.05, 4.69) is 0 Å². The van der Waals surface area contributed by atoms with E-state index in [-0.39, 0.29) is 41.9 Å². The van der Waals surface area contributed by atoms with Gasteiger partial charge in [-0.15, -0.1) is 23.2 Å². The van der Waals surface area contributed by atoms with Crippen LogP contribution in [-0.4, -0.2) is 56.9 Å². The maximum Gasteiger partial charge on any atom is 0.279 e. The van der Waals surface area contributed by atoms with Crippen molar-refractivity contribution in [1.29, 1.82) is 0 Å². The number of nitrogens with zero attached hydrogens (tertiary/aromatic N) is 2. The number of hydrogen-bond donors (Lipinski definition) is 2. The van der Waals surface area contributed by atoms with Gasteiger partial charge in [0.1, 0.15) is 17.1 Å². The molecule has 6 nitrogen and oxygen atoms in total. The van der Waals surface area contributed by atoms with Gasteiger partial charge in [0, 0.05) is 11.8 Å². The van der Waals surface area contributed by atoms with Gasteiger partial charge in [-0.3, -0.25) is 9.59 Å². The van der Waals surface area contributed by atoms with Crippen LogP contribution < -0.4 is 0 Å². The molecule has 3 rings (SSSR count). The summed E-state index contributed by atoms with van der Waals surface area (Å²) in [5.74, 6) is -0.557. The number of phenolic OH excluding ortho intramolecular Hbond substituents is 2. The lowest BCUT2D eigenvalue weighted by Crippen LogP contribution is -2.43. The maximum atomic E-state index is 12.7. The van der Waals surface area contributed by atoms with Crippen molar-refractivity contribution in [2.75, 3.05) is 24.8 Å². The molecule has 2 aliphatic heterocycles. The largest absolute Gasteiger partial charge is 0.507 e. The highest BCUT2D eigenvalue weighted by molar-refractivity contribution is 8.25. The Morgan fingerprint density at radius 3 is 1.67 bits per heavy atom. The van der Waals surface area contributed by atoms with Gasteiger partial charge >= 0.3 is 0 Å². The maximum absolute atomic E-state index is 12.7. The number of thioether (sulfide) groups is 2. The van der Waals surface area contributed by atoms with Crippen LogP contribution in [-0.2, 0) is 9.59 Å². The van der Waals surface area contributed by atoms with Gasteiger partial charge in [0.05, 0.1) is 27.1 Å². The van der Waals surface area contributed by atoms with Crippen LogP contribution >= 0.6 is 46.7 Å². The Morgan fingerprint density at radius 1 is 0.875 bits per heavy atom. The van der Waals surface area contributed by atoms with Crippen LogP contribution in [0.1, 0.15) is 0 Å². The van der Waals surface area contributed by atoms with Crippen LogP contribution in [0, 0.1) is 0 Å². The number of hydrazine groups is 1. The Hall–Kier alpha value is -1.22. The van der Waals surface area contributed by atoms with Crippen LogP contribution in [0.5, 0.6) is 11.5 Å². The van der Waals surface area contributed by atoms with Crippen LogP contribution in [0.15, 0.2) is 31.7 Å². The summed E-state index contributed by atoms with van der Waals surface area (Å²) in [6.45, 7) is 0.386. The van der Waals surface area contributed by atoms with Crippen molar-refractivity contribution in [3.63, 3.8) is 0 Å². The molecule has 0 spiro atoms. The van der Waals surface area contributed by atoms with Crippen LogP contribution in [0.25, 0.3) is 0 Å². The third-order valence-corrected chi connectivity index (χ3v) is 6.43. The van der Waals surface area contributed by atoms with Gasteiger partial charge in [0.15, 0.2) is 0 Å². The molecule has 10 heteroatoms. The molecule has 128 valence electrons. The van der Waals surface area contributed by atoms with Crippen molar-refractivity contribution < 1.29 is 19.8 Å². The van der Waals surface area contributed by atoms with Gasteiger partial charge in [-0.25, -0.2) is 10.0 Å². The van der Waals surface area contributed by atoms with E-state index in [0.717, 1.165) is 23.5 Å². The minimum absolute atomic E-state index is 0.00948. The molecule has 0 saturated carbocycles. The summed E-state index contributed by atoms with van der Waals surface area (Å²) in [7, 11) is 0. The Bertz CT molecular complexity index is 698. The van der Waals surface area contributed by atoms with Crippen LogP contribution in [0.2, 0.25) is 0 Å². The number of alkyl halides is 2. The summed E-state index contributed by atoms with van der Waals surface area (Å²) < 4.78 is 0.424.